The van der Waals surface area contributed by atoms with Crippen molar-refractivity contribution in [2.45, 2.75) is 26.8 Å². The van der Waals surface area contributed by atoms with Gasteiger partial charge < -0.3 is 10.1 Å². The summed E-state index contributed by atoms with van der Waals surface area (Å²) in [6.45, 7) is 5.41. The predicted molar refractivity (Wildman–Crippen MR) is 74.8 cm³/mol. The van der Waals surface area contributed by atoms with Crippen molar-refractivity contribution in [1.29, 1.82) is 0 Å². The number of aromatic nitrogens is 1. The molecular weight excluding hydrogens is 286 g/mol. The van der Waals surface area contributed by atoms with Gasteiger partial charge in [-0.05, 0) is 20.8 Å². The highest BCUT2D eigenvalue weighted by Gasteiger charge is 2.25. The maximum atomic E-state index is 11.6. The number of hydrogen-bond donors (Lipinski definition) is 1. The Kier molecular flexibility index (Phi) is 5.69. The largest absolute Gasteiger partial charge is 0.466 e. The molecule has 0 bridgehead atoms. The zero-order valence-corrected chi connectivity index (χ0v) is 12.2. The van der Waals surface area contributed by atoms with E-state index in [1.165, 1.54) is 12.3 Å². The first-order valence-corrected chi connectivity index (χ1v) is 6.47. The summed E-state index contributed by atoms with van der Waals surface area (Å²) in [5, 5.41) is 14.0. The average molecular weight is 302 g/mol. The van der Waals surface area contributed by atoms with E-state index in [-0.39, 0.29) is 35.1 Å². The second-order valence-corrected chi connectivity index (χ2v) is 4.69. The molecule has 0 aromatic carbocycles. The molecule has 0 saturated carbocycles. The molecule has 0 radical (unpaired) electrons. The van der Waals surface area contributed by atoms with E-state index in [4.69, 9.17) is 16.3 Å². The lowest BCUT2D eigenvalue weighted by Crippen LogP contribution is -2.31. The average Bonchev–Trinajstić information content (AvgIpc) is 2.39. The third-order valence-electron chi connectivity index (χ3n) is 2.80. The van der Waals surface area contributed by atoms with Crippen LogP contribution in [0.1, 0.15) is 20.8 Å². The number of ether oxygens (including phenoxy) is 1. The van der Waals surface area contributed by atoms with Gasteiger partial charge in [0.25, 0.3) is 0 Å². The summed E-state index contributed by atoms with van der Waals surface area (Å²) in [5.41, 5.74) is -0.236. The fraction of sp³-hybridized carbons (Fsp3) is 0.500. The number of pyridine rings is 1. The quantitative estimate of drug-likeness (QED) is 0.493. The number of hydrogen-bond acceptors (Lipinski definition) is 6. The van der Waals surface area contributed by atoms with Gasteiger partial charge in [-0.25, -0.2) is 4.98 Å². The molecule has 0 amide bonds. The topological polar surface area (TPSA) is 94.4 Å². The molecule has 1 N–H and O–H groups in total. The molecule has 7 nitrogen and oxygen atoms in total. The van der Waals surface area contributed by atoms with Crippen LogP contribution in [0.2, 0.25) is 5.02 Å². The van der Waals surface area contributed by atoms with E-state index in [2.05, 4.69) is 10.3 Å². The standard InChI is InChI=1S/C12H16ClN3O4/c1-4-20-12(17)7(2)8(3)15-11-10(16(18)19)5-9(13)6-14-11/h5-8H,4H2,1-3H3,(H,14,15). The van der Waals surface area contributed by atoms with Crippen molar-refractivity contribution >= 4 is 29.1 Å². The van der Waals surface area contributed by atoms with Crippen molar-refractivity contribution in [3.8, 4) is 0 Å². The van der Waals surface area contributed by atoms with Crippen molar-refractivity contribution in [2.75, 3.05) is 11.9 Å². The number of rotatable bonds is 6. The van der Waals surface area contributed by atoms with Crippen molar-refractivity contribution in [1.82, 2.24) is 4.98 Å². The summed E-state index contributed by atoms with van der Waals surface area (Å²) >= 11 is 5.68. The molecule has 1 rings (SSSR count). The third-order valence-corrected chi connectivity index (χ3v) is 3.01. The van der Waals surface area contributed by atoms with Gasteiger partial charge in [0.1, 0.15) is 0 Å². The predicted octanol–water partition coefficient (Wildman–Crippen LogP) is 2.64. The Morgan fingerprint density at radius 1 is 1.60 bits per heavy atom. The molecule has 0 spiro atoms. The molecule has 0 aliphatic carbocycles. The van der Waals surface area contributed by atoms with Crippen LogP contribution < -0.4 is 5.32 Å². The van der Waals surface area contributed by atoms with Crippen LogP contribution in [0.25, 0.3) is 0 Å². The summed E-state index contributed by atoms with van der Waals surface area (Å²) in [5.74, 6) is -0.765. The first kappa shape index (κ1) is 16.2. The number of nitrogens with zero attached hydrogens (tertiary/aromatic N) is 2. The van der Waals surface area contributed by atoms with Crippen LogP contribution >= 0.6 is 11.6 Å². The Balaban J connectivity index is 2.87. The Morgan fingerprint density at radius 2 is 2.25 bits per heavy atom. The zero-order valence-electron chi connectivity index (χ0n) is 11.4. The molecule has 1 heterocycles. The van der Waals surface area contributed by atoms with Crippen molar-refractivity contribution in [2.24, 2.45) is 5.92 Å². The molecular formula is C12H16ClN3O4. The van der Waals surface area contributed by atoms with Crippen molar-refractivity contribution < 1.29 is 14.5 Å². The maximum Gasteiger partial charge on any atom is 0.312 e. The highest BCUT2D eigenvalue weighted by atomic mass is 35.5. The second kappa shape index (κ2) is 7.04. The van der Waals surface area contributed by atoms with Gasteiger partial charge in [0.05, 0.1) is 22.5 Å². The normalized spacial score (nSPS) is 13.4. The Bertz CT molecular complexity index is 509. The van der Waals surface area contributed by atoms with Gasteiger partial charge in [-0.3, -0.25) is 14.9 Å². The lowest BCUT2D eigenvalue weighted by Gasteiger charge is -2.20. The molecule has 0 saturated heterocycles. The molecule has 110 valence electrons. The number of esters is 1. The minimum atomic E-state index is -0.580. The van der Waals surface area contributed by atoms with E-state index in [0.717, 1.165) is 0 Å². The van der Waals surface area contributed by atoms with E-state index in [1.54, 1.807) is 20.8 Å². The van der Waals surface area contributed by atoms with Gasteiger partial charge in [-0.2, -0.15) is 0 Å². The molecule has 0 fully saturated rings. The molecule has 1 aromatic heterocycles. The number of carbonyl (C=O) groups excluding carboxylic acids is 1. The second-order valence-electron chi connectivity index (χ2n) is 4.25. The van der Waals surface area contributed by atoms with Crippen LogP contribution in [-0.4, -0.2) is 28.5 Å². The summed E-state index contributed by atoms with van der Waals surface area (Å²) in [6.07, 6.45) is 1.30. The van der Waals surface area contributed by atoms with E-state index in [0.29, 0.717) is 0 Å². The number of carbonyl (C=O) groups is 1. The van der Waals surface area contributed by atoms with Crippen LogP contribution in [0, 0.1) is 16.0 Å². The van der Waals surface area contributed by atoms with E-state index in [9.17, 15) is 14.9 Å². The Morgan fingerprint density at radius 3 is 2.80 bits per heavy atom. The van der Waals surface area contributed by atoms with E-state index >= 15 is 0 Å². The van der Waals surface area contributed by atoms with Crippen LogP contribution in [0.5, 0.6) is 0 Å². The Hall–Kier alpha value is -1.89. The fourth-order valence-corrected chi connectivity index (χ4v) is 1.65. The van der Waals surface area contributed by atoms with Crippen LogP contribution in [0.4, 0.5) is 11.5 Å². The molecule has 2 atom stereocenters. The van der Waals surface area contributed by atoms with Crippen molar-refractivity contribution in [3.63, 3.8) is 0 Å². The summed E-state index contributed by atoms with van der Waals surface area (Å²) in [6, 6.07) is 0.833. The Labute approximate surface area is 121 Å². The number of nitro groups is 1. The zero-order chi connectivity index (χ0) is 15.3. The van der Waals surface area contributed by atoms with Gasteiger partial charge in [-0.15, -0.1) is 0 Å². The smallest absolute Gasteiger partial charge is 0.312 e. The molecule has 8 heteroatoms. The number of nitrogens with one attached hydrogen (secondary N) is 1. The van der Waals surface area contributed by atoms with Crippen LogP contribution in [0.3, 0.4) is 0 Å². The van der Waals surface area contributed by atoms with Gasteiger partial charge in [-0.1, -0.05) is 11.6 Å². The minimum Gasteiger partial charge on any atom is -0.466 e. The van der Waals surface area contributed by atoms with E-state index < -0.39 is 10.8 Å². The lowest BCUT2D eigenvalue weighted by molar-refractivity contribution is -0.384. The molecule has 20 heavy (non-hydrogen) atoms. The highest BCUT2D eigenvalue weighted by Crippen LogP contribution is 2.26. The molecule has 0 aliphatic rings. The van der Waals surface area contributed by atoms with Gasteiger partial charge in [0.2, 0.25) is 5.82 Å². The maximum absolute atomic E-state index is 11.6. The monoisotopic (exact) mass is 301 g/mol. The third kappa shape index (κ3) is 4.06. The summed E-state index contributed by atoms with van der Waals surface area (Å²) < 4.78 is 4.90. The van der Waals surface area contributed by atoms with Crippen molar-refractivity contribution in [3.05, 3.63) is 27.4 Å². The van der Waals surface area contributed by atoms with Crippen LogP contribution in [-0.2, 0) is 9.53 Å². The summed E-state index contributed by atoms with van der Waals surface area (Å²) in [7, 11) is 0. The first-order valence-electron chi connectivity index (χ1n) is 6.09. The molecule has 0 aliphatic heterocycles. The summed E-state index contributed by atoms with van der Waals surface area (Å²) in [4.78, 5) is 25.9. The van der Waals surface area contributed by atoms with Crippen LogP contribution in [0.15, 0.2) is 12.3 Å². The number of halogens is 1. The number of anilines is 1. The van der Waals surface area contributed by atoms with Gasteiger partial charge in [0.15, 0.2) is 0 Å². The SMILES string of the molecule is CCOC(=O)C(C)C(C)Nc1ncc(Cl)cc1[N+](=O)[O-]. The fourth-order valence-electron chi connectivity index (χ4n) is 1.50. The lowest BCUT2D eigenvalue weighted by atomic mass is 10.0. The van der Waals surface area contributed by atoms with Gasteiger partial charge in [0, 0.05) is 18.3 Å². The first-order chi connectivity index (χ1) is 9.36. The molecule has 2 unspecified atom stereocenters. The molecule has 1 aromatic rings. The minimum absolute atomic E-state index is 0.0723. The highest BCUT2D eigenvalue weighted by molar-refractivity contribution is 6.30. The van der Waals surface area contributed by atoms with Gasteiger partial charge >= 0.3 is 11.7 Å². The van der Waals surface area contributed by atoms with E-state index in [1.807, 2.05) is 0 Å².